The van der Waals surface area contributed by atoms with Crippen molar-refractivity contribution in [3.05, 3.63) is 125 Å². The number of urea groups is 1. The number of esters is 1. The second-order valence-corrected chi connectivity index (χ2v) is 40.7. The number of nitrogens with one attached hydrogen (secondary N) is 11. The first kappa shape index (κ1) is 117. The summed E-state index contributed by atoms with van der Waals surface area (Å²) >= 11 is 6.46. The van der Waals surface area contributed by atoms with Crippen LogP contribution >= 0.6 is 11.6 Å². The Morgan fingerprint density at radius 3 is 1.94 bits per heavy atom. The van der Waals surface area contributed by atoms with Crippen LogP contribution in [-0.2, 0) is 83.0 Å². The molecule has 13 amide bonds. The van der Waals surface area contributed by atoms with Gasteiger partial charge in [-0.05, 0) is 189 Å². The zero-order chi connectivity index (χ0) is 106. The summed E-state index contributed by atoms with van der Waals surface area (Å²) in [5.74, 6) is -7.88. The van der Waals surface area contributed by atoms with Crippen LogP contribution in [0.5, 0.6) is 0 Å². The van der Waals surface area contributed by atoms with E-state index in [-0.39, 0.29) is 120 Å². The molecule has 38 nitrogen and oxygen atoms in total. The van der Waals surface area contributed by atoms with Gasteiger partial charge >= 0.3 is 24.2 Å². The number of carbonyl (C=O) groups is 13. The lowest BCUT2D eigenvalue weighted by atomic mass is 9.89. The van der Waals surface area contributed by atoms with Crippen molar-refractivity contribution in [2.75, 3.05) is 96.3 Å². The van der Waals surface area contributed by atoms with Crippen LogP contribution in [0.15, 0.2) is 97.2 Å². The smallest absolute Gasteiger partial charge is 0.410 e. The number of hydrogen-bond acceptors (Lipinski definition) is 24. The van der Waals surface area contributed by atoms with Crippen LogP contribution in [0.25, 0.3) is 33.5 Å². The van der Waals surface area contributed by atoms with Gasteiger partial charge in [-0.15, -0.1) is 0 Å². The number of likely N-dealkylation sites (tertiary alicyclic amines) is 1. The number of nitrogens with zero attached hydrogens (tertiary/aromatic N) is 6. The molecule has 6 aromatic rings. The summed E-state index contributed by atoms with van der Waals surface area (Å²) in [6, 6.07) is 16.2. The van der Waals surface area contributed by atoms with Crippen molar-refractivity contribution in [3.8, 4) is 22.5 Å². The molecule has 8 rings (SSSR count). The highest BCUT2D eigenvalue weighted by molar-refractivity contribution is 6.31. The topological polar surface area (TPSA) is 498 Å². The van der Waals surface area contributed by atoms with Gasteiger partial charge in [0.1, 0.15) is 65.5 Å². The van der Waals surface area contributed by atoms with E-state index in [2.05, 4.69) is 63.1 Å². The molecular formula is C104H152ClFN18O20. The van der Waals surface area contributed by atoms with Crippen LogP contribution in [-0.4, -0.2) is 271 Å². The van der Waals surface area contributed by atoms with Gasteiger partial charge in [0.05, 0.1) is 84.3 Å². The second kappa shape index (κ2) is 55.1. The highest BCUT2D eigenvalue weighted by Gasteiger charge is 2.45. The third kappa shape index (κ3) is 35.0. The third-order valence-corrected chi connectivity index (χ3v) is 25.8. The van der Waals surface area contributed by atoms with Gasteiger partial charge in [0.2, 0.25) is 53.2 Å². The molecule has 0 bridgehead atoms. The Bertz CT molecular complexity index is 5300. The normalized spacial score (nSPS) is 16.0. The molecule has 40 heteroatoms. The van der Waals surface area contributed by atoms with E-state index in [1.807, 2.05) is 38.1 Å². The van der Waals surface area contributed by atoms with Gasteiger partial charge in [-0.1, -0.05) is 129 Å². The second-order valence-electron chi connectivity index (χ2n) is 40.3. The summed E-state index contributed by atoms with van der Waals surface area (Å²) in [4.78, 5) is 200. The molecule has 13 atom stereocenters. The first-order valence-corrected chi connectivity index (χ1v) is 50.1. The standard InChI is InChI=1S/C104H152ClFN18O20/c1-22-63(9)88(79(139-20)56-82(127)124-47-27-31-78(124)91(140-21)64(10)94(130)112-65(11)90(129)67-28-24-23-25-29-67)121(18)99(135)86(60(4)5)120-98(134)87(61(6)7)122(19)102(138)142-58-66-32-35-71(36-33-66)113-95(131)75(30-26-44-110-100(107)136)118-97(133)85(59(2)3)119-96(132)76(38-39-83(128)143-103(12,13)14)115-81(126)43-51-141-50-42-80(125)108-45-46-109-92-84(93-116-74-37-34-69(105)55-77(74)117-93)89(73(57-111-92)68-52-62(8)53-70(106)54-68)123-48-40-72(41-49-123)114-101(137)144-104(15,16)17/h23-25,28-29,32-37,52-55,57,59-61,63-65,72,75-76,78-79,85-88,90-91,129H,22,26-27,30-31,38-51,56,58H2,1-21H3,(H,108,125)(H,109,111)(H,112,130)(H,113,131)(H,114,137)(H,115,126)(H,116,117)(H,118,133)(H,119,132)(H,120,134)(H3,107,110,136)/t63-,64+,65+,75-,76-,78-,79+,85-,86-,87-,88-,90+,91+/m0/s1. The maximum Gasteiger partial charge on any atom is 0.410 e. The fourth-order valence-electron chi connectivity index (χ4n) is 17.9. The number of aryl methyl sites for hydroxylation is 1. The molecule has 0 unspecified atom stereocenters. The number of piperidine rings is 1. The van der Waals surface area contributed by atoms with Crippen LogP contribution < -0.4 is 63.8 Å². The maximum absolute atomic E-state index is 15.3. The predicted molar refractivity (Wildman–Crippen MR) is 547 cm³/mol. The molecule has 4 heterocycles. The number of amides is 13. The van der Waals surface area contributed by atoms with E-state index < -0.39 is 167 Å². The number of likely N-dealkylation sites (N-methyl/N-ethyl adjacent to an activating group) is 2. The number of H-pyrrole nitrogens is 1. The first-order valence-electron chi connectivity index (χ1n) is 49.7. The molecule has 0 aliphatic carbocycles. The summed E-state index contributed by atoms with van der Waals surface area (Å²) in [6.07, 6.45) is -0.313. The number of primary amides is 1. The number of aromatic nitrogens is 3. The monoisotopic (exact) mass is 2030 g/mol. The molecule has 792 valence electrons. The number of aromatic amines is 1. The molecule has 2 aliphatic rings. The average Bonchev–Trinajstić information content (AvgIpc) is 1.43. The van der Waals surface area contributed by atoms with Gasteiger partial charge in [0.15, 0.2) is 0 Å². The number of methoxy groups -OCH3 is 2. The Balaban J connectivity index is 0.846. The highest BCUT2D eigenvalue weighted by Crippen LogP contribution is 2.45. The number of nitrogens with two attached hydrogens (primary N) is 1. The number of alkyl carbamates (subject to hydrolysis) is 1. The summed E-state index contributed by atoms with van der Waals surface area (Å²) < 4.78 is 50.0. The van der Waals surface area contributed by atoms with Crippen LogP contribution in [0.3, 0.4) is 0 Å². The van der Waals surface area contributed by atoms with E-state index in [9.17, 15) is 67.4 Å². The number of anilines is 3. The fourth-order valence-corrected chi connectivity index (χ4v) is 18.1. The lowest BCUT2D eigenvalue weighted by Crippen LogP contribution is -2.60. The molecule has 14 N–H and O–H groups in total. The number of carbonyl (C=O) groups excluding carboxylic acids is 13. The van der Waals surface area contributed by atoms with Crippen molar-refractivity contribution >= 4 is 117 Å². The van der Waals surface area contributed by atoms with Gasteiger partial charge in [0, 0.05) is 115 Å². The highest BCUT2D eigenvalue weighted by atomic mass is 35.5. The molecule has 2 fully saturated rings. The number of aliphatic hydroxyl groups is 1. The average molecular weight is 2030 g/mol. The van der Waals surface area contributed by atoms with Crippen LogP contribution in [0.1, 0.15) is 211 Å². The Kier molecular flexibility index (Phi) is 44.7. The van der Waals surface area contributed by atoms with Crippen molar-refractivity contribution in [1.29, 1.82) is 0 Å². The summed E-state index contributed by atoms with van der Waals surface area (Å²) in [7, 11) is 6.02. The lowest BCUT2D eigenvalue weighted by Gasteiger charge is -2.41. The van der Waals surface area contributed by atoms with Gasteiger partial charge in [-0.3, -0.25) is 52.8 Å². The van der Waals surface area contributed by atoms with Crippen molar-refractivity contribution < 1.29 is 100 Å². The van der Waals surface area contributed by atoms with Gasteiger partial charge < -0.3 is 112 Å². The van der Waals surface area contributed by atoms with E-state index in [4.69, 9.17) is 55.7 Å². The summed E-state index contributed by atoms with van der Waals surface area (Å²) in [6.45, 7) is 31.0. The number of imidazole rings is 1. The fraction of sp³-hybridized carbons (Fsp3) is 0.587. The summed E-state index contributed by atoms with van der Waals surface area (Å²) in [5, 5.41) is 40.0. The van der Waals surface area contributed by atoms with Crippen molar-refractivity contribution in [2.45, 2.75) is 285 Å². The number of ether oxygens (including phenoxy) is 6. The molecule has 0 spiro atoms. The van der Waals surface area contributed by atoms with Crippen molar-refractivity contribution in [1.82, 2.24) is 72.2 Å². The molecular weight excluding hydrogens is 1880 g/mol. The van der Waals surface area contributed by atoms with Gasteiger partial charge in [-0.25, -0.2) is 28.7 Å². The number of aliphatic hydroxyl groups excluding tert-OH is 1. The molecule has 144 heavy (non-hydrogen) atoms. The minimum absolute atomic E-state index is 0.0143. The van der Waals surface area contributed by atoms with Crippen molar-refractivity contribution in [2.24, 2.45) is 35.3 Å². The van der Waals surface area contributed by atoms with E-state index in [0.29, 0.717) is 119 Å². The SMILES string of the molecule is CC[C@H](C)[C@@H]([C@@H](CC(=O)N1CCC[C@H]1[C@H](OC)[C@@H](C)C(=O)N[C@H](C)[C@@H](O)c1ccccc1)OC)N(C)C(=O)[C@@H](NC(=O)[C@H](C(C)C)N(C)C(=O)OCc1ccc(NC(=O)[C@H](CCCNC(N)=O)NC(=O)[C@@H](NC(=O)[C@H](CCC(=O)OC(C)(C)C)NC(=O)CCOCCC(=O)NCCNc2ncc(-c3cc(C)cc(F)c3)c(N3CCC(NC(=O)OC(C)(C)C)CC3)c2-c2nc3ccc(Cl)cc3[nH]2)C(C)C)cc1)C(C)C. The Morgan fingerprint density at radius 1 is 0.674 bits per heavy atom. The van der Waals surface area contributed by atoms with Crippen LogP contribution in [0.4, 0.5) is 36.0 Å². The molecule has 2 saturated heterocycles. The van der Waals surface area contributed by atoms with Gasteiger partial charge in [-0.2, -0.15) is 0 Å². The number of pyridine rings is 1. The zero-order valence-electron chi connectivity index (χ0n) is 87.1. The molecule has 2 aromatic heterocycles. The lowest BCUT2D eigenvalue weighted by molar-refractivity contribution is -0.155. The Hall–Kier alpha value is -12.3. The number of fused-ring (bicyclic) bond motifs is 1. The largest absolute Gasteiger partial charge is 0.460 e. The van der Waals surface area contributed by atoms with Crippen molar-refractivity contribution in [3.63, 3.8) is 0 Å². The Morgan fingerprint density at radius 2 is 1.33 bits per heavy atom. The molecule has 0 saturated carbocycles. The zero-order valence-corrected chi connectivity index (χ0v) is 87.9. The number of halogens is 2. The third-order valence-electron chi connectivity index (χ3n) is 25.5. The van der Waals surface area contributed by atoms with Gasteiger partial charge in [0.25, 0.3) is 0 Å². The quantitative estimate of drug-likeness (QED) is 0.00958. The van der Waals surface area contributed by atoms with Crippen LogP contribution in [0.2, 0.25) is 5.02 Å². The number of hydrogen-bond donors (Lipinski definition) is 13. The van der Waals surface area contributed by atoms with E-state index in [0.717, 1.165) is 4.90 Å². The maximum atomic E-state index is 15.3. The summed E-state index contributed by atoms with van der Waals surface area (Å²) in [5.41, 5.74) is 9.59. The van der Waals surface area contributed by atoms with Crippen LogP contribution in [0, 0.1) is 42.3 Å². The molecule has 2 aliphatic heterocycles. The molecule has 0 radical (unpaired) electrons. The number of rotatable bonds is 51. The predicted octanol–water partition coefficient (Wildman–Crippen LogP) is 11.4. The van der Waals surface area contributed by atoms with E-state index >= 15 is 4.39 Å². The minimum atomic E-state index is -1.41. The van der Waals surface area contributed by atoms with E-state index in [1.54, 1.807) is 164 Å². The van der Waals surface area contributed by atoms with E-state index in [1.165, 1.54) is 50.4 Å². The minimum Gasteiger partial charge on any atom is -0.460 e. The molecule has 4 aromatic carbocycles. The Labute approximate surface area is 849 Å². The first-order chi connectivity index (χ1) is 68.0. The number of benzene rings is 4.